The van der Waals surface area contributed by atoms with Crippen molar-refractivity contribution >= 4 is 33.3 Å². The fourth-order valence-corrected chi connectivity index (χ4v) is 8.94. The third-order valence-corrected chi connectivity index (χ3v) is 9.05. The van der Waals surface area contributed by atoms with Gasteiger partial charge in [-0.25, -0.2) is 8.42 Å². The van der Waals surface area contributed by atoms with Crippen LogP contribution >= 0.6 is 11.6 Å². The number of amides is 1. The van der Waals surface area contributed by atoms with Crippen LogP contribution in [0.3, 0.4) is 0 Å². The van der Waals surface area contributed by atoms with Gasteiger partial charge < -0.3 is 10.1 Å². The lowest BCUT2D eigenvalue weighted by molar-refractivity contribution is -0.172. The van der Waals surface area contributed by atoms with Gasteiger partial charge in [-0.05, 0) is 63.7 Å². The van der Waals surface area contributed by atoms with Crippen molar-refractivity contribution in [1.29, 1.82) is 0 Å². The minimum atomic E-state index is -3.11. The van der Waals surface area contributed by atoms with E-state index in [0.717, 1.165) is 32.1 Å². The third kappa shape index (κ3) is 3.37. The van der Waals surface area contributed by atoms with E-state index in [2.05, 4.69) is 5.32 Å². The van der Waals surface area contributed by atoms with Crippen LogP contribution in [0.15, 0.2) is 0 Å². The smallest absolute Gasteiger partial charge is 0.312 e. The quantitative estimate of drug-likeness (QED) is 0.571. The lowest BCUT2D eigenvalue weighted by Gasteiger charge is -2.58. The Hall–Kier alpha value is -0.820. The summed E-state index contributed by atoms with van der Waals surface area (Å²) in [6, 6.07) is 0. The maximum absolute atomic E-state index is 12.8. The summed E-state index contributed by atoms with van der Waals surface area (Å²) in [6.45, 7) is 1.36. The summed E-state index contributed by atoms with van der Waals surface area (Å²) in [5, 5.41) is 2.73. The number of sulfone groups is 1. The van der Waals surface area contributed by atoms with E-state index >= 15 is 0 Å². The predicted molar refractivity (Wildman–Crippen MR) is 96.5 cm³/mol. The van der Waals surface area contributed by atoms with E-state index in [-0.39, 0.29) is 29.0 Å². The Morgan fingerprint density at radius 3 is 2.38 bits per heavy atom. The first-order valence-electron chi connectivity index (χ1n) is 9.38. The molecule has 4 bridgehead atoms. The number of hydrogen-bond acceptors (Lipinski definition) is 5. The van der Waals surface area contributed by atoms with E-state index in [1.165, 1.54) is 0 Å². The number of rotatable bonds is 4. The van der Waals surface area contributed by atoms with Gasteiger partial charge in [0, 0.05) is 4.87 Å². The molecule has 1 aliphatic heterocycles. The number of alkyl halides is 1. The van der Waals surface area contributed by atoms with E-state index in [1.807, 2.05) is 0 Å². The van der Waals surface area contributed by atoms with Crippen molar-refractivity contribution in [2.24, 2.45) is 17.3 Å². The second-order valence-corrected chi connectivity index (χ2v) is 12.4. The standard InChI is InChI=1S/C18H26ClNO5S/c1-16(2-3-26(23,24)11-16)20-14(21)9-25-15(22)17-5-12-4-13(6-17)8-18(19,7-12)10-17/h12-13H,2-11H2,1H3,(H,20,21)/t12-,13-,16+,17?,18?/m0/s1. The molecule has 5 fully saturated rings. The summed E-state index contributed by atoms with van der Waals surface area (Å²) in [7, 11) is -3.11. The van der Waals surface area contributed by atoms with Crippen molar-refractivity contribution < 1.29 is 22.7 Å². The fraction of sp³-hybridized carbons (Fsp3) is 0.889. The lowest BCUT2D eigenvalue weighted by Crippen LogP contribution is -2.56. The first-order chi connectivity index (χ1) is 12.0. The molecule has 0 unspecified atom stereocenters. The highest BCUT2D eigenvalue weighted by atomic mass is 35.5. The van der Waals surface area contributed by atoms with Crippen LogP contribution in [0.25, 0.3) is 0 Å². The number of esters is 1. The Kier molecular flexibility index (Phi) is 4.16. The third-order valence-electron chi connectivity index (χ3n) is 6.70. The molecule has 0 aromatic rings. The second kappa shape index (κ2) is 5.84. The zero-order valence-electron chi connectivity index (χ0n) is 15.1. The second-order valence-electron chi connectivity index (χ2n) is 9.42. The van der Waals surface area contributed by atoms with Gasteiger partial charge >= 0.3 is 5.97 Å². The summed E-state index contributed by atoms with van der Waals surface area (Å²) >= 11 is 6.74. The van der Waals surface area contributed by atoms with Crippen molar-refractivity contribution in [2.75, 3.05) is 18.1 Å². The van der Waals surface area contributed by atoms with E-state index in [1.54, 1.807) is 6.92 Å². The van der Waals surface area contributed by atoms with Crippen LogP contribution in [0.4, 0.5) is 0 Å². The van der Waals surface area contributed by atoms with Crippen molar-refractivity contribution in [1.82, 2.24) is 5.32 Å². The van der Waals surface area contributed by atoms with Gasteiger partial charge in [0.15, 0.2) is 16.4 Å². The molecule has 4 saturated carbocycles. The Bertz CT molecular complexity index is 737. The van der Waals surface area contributed by atoms with Gasteiger partial charge in [0.1, 0.15) is 0 Å². The van der Waals surface area contributed by atoms with Crippen molar-refractivity contribution in [2.45, 2.75) is 62.3 Å². The average molecular weight is 404 g/mol. The molecule has 0 aromatic heterocycles. The zero-order valence-corrected chi connectivity index (χ0v) is 16.6. The van der Waals surface area contributed by atoms with Crippen molar-refractivity contribution in [3.05, 3.63) is 0 Å². The first kappa shape index (κ1) is 18.5. The first-order valence-corrected chi connectivity index (χ1v) is 11.6. The largest absolute Gasteiger partial charge is 0.455 e. The molecule has 0 spiro atoms. The molecule has 0 radical (unpaired) electrons. The van der Waals surface area contributed by atoms with Crippen molar-refractivity contribution in [3.8, 4) is 0 Å². The topological polar surface area (TPSA) is 89.5 Å². The molecule has 4 aliphatic carbocycles. The Balaban J connectivity index is 1.35. The van der Waals surface area contributed by atoms with E-state index < -0.39 is 26.7 Å². The summed E-state index contributed by atoms with van der Waals surface area (Å²) < 4.78 is 28.7. The number of carbonyl (C=O) groups is 2. The van der Waals surface area contributed by atoms with Crippen LogP contribution in [0.2, 0.25) is 0 Å². The van der Waals surface area contributed by atoms with Crippen LogP contribution < -0.4 is 5.32 Å². The highest BCUT2D eigenvalue weighted by Gasteiger charge is 2.60. The Morgan fingerprint density at radius 2 is 1.85 bits per heavy atom. The molecule has 3 atom stereocenters. The van der Waals surface area contributed by atoms with Gasteiger partial charge in [-0.15, -0.1) is 11.6 Å². The Labute approximate surface area is 159 Å². The van der Waals surface area contributed by atoms with Crippen LogP contribution in [-0.2, 0) is 24.2 Å². The highest BCUT2D eigenvalue weighted by Crippen LogP contribution is 2.64. The molecule has 0 aromatic carbocycles. The van der Waals surface area contributed by atoms with Gasteiger partial charge in [0.2, 0.25) is 0 Å². The highest BCUT2D eigenvalue weighted by molar-refractivity contribution is 7.91. The summed E-state index contributed by atoms with van der Waals surface area (Å²) in [6.07, 6.45) is 5.77. The monoisotopic (exact) mass is 403 g/mol. The SMILES string of the molecule is C[C@@]1(NC(=O)COC(=O)C23C[C@@H]4C[C@H](CC(Cl)(C4)C2)C3)CCS(=O)(=O)C1. The maximum Gasteiger partial charge on any atom is 0.312 e. The van der Waals surface area contributed by atoms with E-state index in [9.17, 15) is 18.0 Å². The van der Waals surface area contributed by atoms with Crippen LogP contribution in [0.1, 0.15) is 51.9 Å². The van der Waals surface area contributed by atoms with Crippen LogP contribution in [-0.4, -0.2) is 48.8 Å². The minimum absolute atomic E-state index is 0.0677. The fourth-order valence-electron chi connectivity index (χ4n) is 6.16. The molecule has 1 saturated heterocycles. The van der Waals surface area contributed by atoms with Gasteiger partial charge in [0.25, 0.3) is 5.91 Å². The zero-order chi connectivity index (χ0) is 18.8. The molecule has 26 heavy (non-hydrogen) atoms. The summed E-state index contributed by atoms with van der Waals surface area (Å²) in [4.78, 5) is 24.7. The van der Waals surface area contributed by atoms with Crippen LogP contribution in [0.5, 0.6) is 0 Å². The summed E-state index contributed by atoms with van der Waals surface area (Å²) in [5.41, 5.74) is -1.31. The molecular formula is C18H26ClNO5S. The molecule has 5 rings (SSSR count). The molecular weight excluding hydrogens is 378 g/mol. The van der Waals surface area contributed by atoms with E-state index in [4.69, 9.17) is 16.3 Å². The van der Waals surface area contributed by atoms with Crippen molar-refractivity contribution in [3.63, 3.8) is 0 Å². The molecule has 8 heteroatoms. The average Bonchev–Trinajstić information content (AvgIpc) is 2.75. The molecule has 5 aliphatic rings. The summed E-state index contributed by atoms with van der Waals surface area (Å²) in [5.74, 6) is 0.226. The lowest BCUT2D eigenvalue weighted by atomic mass is 9.49. The molecule has 146 valence electrons. The minimum Gasteiger partial charge on any atom is -0.455 e. The van der Waals surface area contributed by atoms with Gasteiger partial charge in [-0.2, -0.15) is 0 Å². The molecule has 1 N–H and O–H groups in total. The van der Waals surface area contributed by atoms with Gasteiger partial charge in [-0.3, -0.25) is 9.59 Å². The predicted octanol–water partition coefficient (Wildman–Crippen LogP) is 1.80. The molecule has 6 nitrogen and oxygen atoms in total. The number of carbonyl (C=O) groups excluding carboxylic acids is 2. The Morgan fingerprint density at radius 1 is 1.19 bits per heavy atom. The number of halogens is 1. The number of hydrogen-bond donors (Lipinski definition) is 1. The van der Waals surface area contributed by atoms with E-state index in [0.29, 0.717) is 24.7 Å². The maximum atomic E-state index is 12.8. The molecule has 1 heterocycles. The van der Waals surface area contributed by atoms with Crippen LogP contribution in [0, 0.1) is 17.3 Å². The normalized spacial score (nSPS) is 45.5. The van der Waals surface area contributed by atoms with Gasteiger partial charge in [-0.1, -0.05) is 0 Å². The number of ether oxygens (including phenoxy) is 1. The van der Waals surface area contributed by atoms with Gasteiger partial charge in [0.05, 0.1) is 22.5 Å². The molecule has 1 amide bonds. The number of nitrogens with one attached hydrogen (secondary N) is 1.